The number of thiophene rings is 1. The van der Waals surface area contributed by atoms with E-state index in [1.165, 1.54) is 17.7 Å². The summed E-state index contributed by atoms with van der Waals surface area (Å²) in [5, 5.41) is 5.62. The minimum absolute atomic E-state index is 0.300. The van der Waals surface area contributed by atoms with Crippen LogP contribution in [0.3, 0.4) is 0 Å². The van der Waals surface area contributed by atoms with Crippen LogP contribution in [0.25, 0.3) is 0 Å². The van der Waals surface area contributed by atoms with Crippen LogP contribution in [-0.4, -0.2) is 25.3 Å². The van der Waals surface area contributed by atoms with Gasteiger partial charge in [-0.3, -0.25) is 0 Å². The van der Waals surface area contributed by atoms with Gasteiger partial charge in [0.25, 0.3) is 0 Å². The first-order valence-electron chi connectivity index (χ1n) is 6.59. The van der Waals surface area contributed by atoms with Crippen LogP contribution in [0.15, 0.2) is 17.5 Å². The highest BCUT2D eigenvalue weighted by atomic mass is 32.1. The lowest BCUT2D eigenvalue weighted by Crippen LogP contribution is -2.33. The molecule has 98 valence electrons. The van der Waals surface area contributed by atoms with Gasteiger partial charge in [0.1, 0.15) is 0 Å². The van der Waals surface area contributed by atoms with Gasteiger partial charge in [-0.05, 0) is 31.7 Å². The summed E-state index contributed by atoms with van der Waals surface area (Å²) in [4.78, 5) is 1.41. The third kappa shape index (κ3) is 6.81. The van der Waals surface area contributed by atoms with Crippen LogP contribution in [0.4, 0.5) is 0 Å². The van der Waals surface area contributed by atoms with E-state index in [0.29, 0.717) is 12.1 Å². The van der Waals surface area contributed by atoms with Crippen molar-refractivity contribution in [2.45, 2.75) is 52.2 Å². The summed E-state index contributed by atoms with van der Waals surface area (Å²) >= 11 is 1.80. The van der Waals surface area contributed by atoms with Crippen molar-refractivity contribution in [2.24, 2.45) is 0 Å². The molecule has 0 bridgehead atoms. The van der Waals surface area contributed by atoms with E-state index in [1.54, 1.807) is 11.3 Å². The van der Waals surface area contributed by atoms with Gasteiger partial charge in [0.15, 0.2) is 0 Å². The fourth-order valence-corrected chi connectivity index (χ4v) is 2.47. The van der Waals surface area contributed by atoms with Crippen molar-refractivity contribution >= 4 is 11.3 Å². The van der Waals surface area contributed by atoms with Crippen molar-refractivity contribution in [3.8, 4) is 0 Å². The Bertz CT molecular complexity index is 274. The van der Waals surface area contributed by atoms with Crippen LogP contribution in [0, 0.1) is 0 Å². The summed E-state index contributed by atoms with van der Waals surface area (Å²) < 4.78 is 5.79. The number of nitrogens with one attached hydrogen (secondary N) is 1. The fraction of sp³-hybridized carbons (Fsp3) is 0.714. The predicted molar refractivity (Wildman–Crippen MR) is 75.8 cm³/mol. The van der Waals surface area contributed by atoms with Crippen molar-refractivity contribution in [1.82, 2.24) is 5.32 Å². The topological polar surface area (TPSA) is 21.3 Å². The molecule has 1 aromatic heterocycles. The Kier molecular flexibility index (Phi) is 7.49. The molecule has 0 spiro atoms. The molecule has 2 atom stereocenters. The van der Waals surface area contributed by atoms with E-state index in [2.05, 4.69) is 43.6 Å². The second-order valence-corrected chi connectivity index (χ2v) is 5.64. The number of hydrogen-bond donors (Lipinski definition) is 1. The summed E-state index contributed by atoms with van der Waals surface area (Å²) in [5.74, 6) is 0. The lowest BCUT2D eigenvalue weighted by molar-refractivity contribution is 0.0666. The van der Waals surface area contributed by atoms with Crippen molar-refractivity contribution in [3.05, 3.63) is 22.4 Å². The van der Waals surface area contributed by atoms with Gasteiger partial charge < -0.3 is 10.1 Å². The number of ether oxygens (including phenoxy) is 1. The molecule has 0 saturated heterocycles. The van der Waals surface area contributed by atoms with Crippen LogP contribution >= 0.6 is 11.3 Å². The zero-order chi connectivity index (χ0) is 12.5. The fourth-order valence-electron chi connectivity index (χ4n) is 1.78. The molecule has 3 heteroatoms. The average Bonchev–Trinajstić information content (AvgIpc) is 2.80. The van der Waals surface area contributed by atoms with E-state index < -0.39 is 0 Å². The van der Waals surface area contributed by atoms with Crippen LogP contribution in [0.5, 0.6) is 0 Å². The molecule has 1 N–H and O–H groups in total. The Morgan fingerprint density at radius 2 is 2.24 bits per heavy atom. The smallest absolute Gasteiger partial charge is 0.0671 e. The molecule has 17 heavy (non-hydrogen) atoms. The monoisotopic (exact) mass is 255 g/mol. The predicted octanol–water partition coefficient (Wildman–Crippen LogP) is 3.47. The van der Waals surface area contributed by atoms with Gasteiger partial charge in [-0.15, -0.1) is 11.3 Å². The quantitative estimate of drug-likeness (QED) is 0.729. The standard InChI is InChI=1S/C14H25NOS/c1-4-6-12(2)15-11-13(3)16-9-8-14-7-5-10-17-14/h5,7,10,12-13,15H,4,6,8-9,11H2,1-3H3. The van der Waals surface area contributed by atoms with E-state index in [1.807, 2.05) is 0 Å². The lowest BCUT2D eigenvalue weighted by atomic mass is 10.2. The van der Waals surface area contributed by atoms with E-state index in [9.17, 15) is 0 Å². The van der Waals surface area contributed by atoms with Gasteiger partial charge in [0.05, 0.1) is 12.7 Å². The first-order valence-corrected chi connectivity index (χ1v) is 7.47. The van der Waals surface area contributed by atoms with Gasteiger partial charge in [-0.2, -0.15) is 0 Å². The van der Waals surface area contributed by atoms with Crippen molar-refractivity contribution in [3.63, 3.8) is 0 Å². The van der Waals surface area contributed by atoms with Crippen molar-refractivity contribution < 1.29 is 4.74 Å². The molecule has 2 nitrogen and oxygen atoms in total. The highest BCUT2D eigenvalue weighted by molar-refractivity contribution is 7.09. The van der Waals surface area contributed by atoms with Crippen molar-refractivity contribution in [2.75, 3.05) is 13.2 Å². The maximum Gasteiger partial charge on any atom is 0.0671 e. The van der Waals surface area contributed by atoms with Gasteiger partial charge >= 0.3 is 0 Å². The maximum absolute atomic E-state index is 5.79. The number of hydrogen-bond acceptors (Lipinski definition) is 3. The van der Waals surface area contributed by atoms with Gasteiger partial charge in [0, 0.05) is 23.9 Å². The SMILES string of the molecule is CCCC(C)NCC(C)OCCc1cccs1. The van der Waals surface area contributed by atoms with E-state index in [0.717, 1.165) is 19.6 Å². The molecule has 1 heterocycles. The average molecular weight is 255 g/mol. The second-order valence-electron chi connectivity index (χ2n) is 4.61. The van der Waals surface area contributed by atoms with Crippen LogP contribution in [0.1, 0.15) is 38.5 Å². The first-order chi connectivity index (χ1) is 8.22. The highest BCUT2D eigenvalue weighted by Gasteiger charge is 2.05. The summed E-state index contributed by atoms with van der Waals surface area (Å²) in [6.45, 7) is 8.37. The molecule has 0 aromatic carbocycles. The Morgan fingerprint density at radius 1 is 1.41 bits per heavy atom. The molecule has 2 unspecified atom stereocenters. The maximum atomic E-state index is 5.79. The third-order valence-corrected chi connectivity index (χ3v) is 3.74. The largest absolute Gasteiger partial charge is 0.377 e. The molecule has 0 fully saturated rings. The minimum Gasteiger partial charge on any atom is -0.377 e. The molecule has 0 aliphatic rings. The van der Waals surface area contributed by atoms with Gasteiger partial charge in [-0.1, -0.05) is 19.4 Å². The molecular formula is C14H25NOS. The first kappa shape index (κ1) is 14.7. The molecule has 1 rings (SSSR count). The number of rotatable bonds is 9. The van der Waals surface area contributed by atoms with Crippen molar-refractivity contribution in [1.29, 1.82) is 0 Å². The van der Waals surface area contributed by atoms with E-state index in [-0.39, 0.29) is 0 Å². The van der Waals surface area contributed by atoms with Crippen LogP contribution < -0.4 is 5.32 Å². The molecule has 1 aromatic rings. The minimum atomic E-state index is 0.300. The molecule has 0 aliphatic carbocycles. The Hall–Kier alpha value is -0.380. The molecule has 0 radical (unpaired) electrons. The Labute approximate surface area is 109 Å². The van der Waals surface area contributed by atoms with E-state index >= 15 is 0 Å². The molecule has 0 amide bonds. The summed E-state index contributed by atoms with van der Waals surface area (Å²) in [5.41, 5.74) is 0. The van der Waals surface area contributed by atoms with Gasteiger partial charge in [0.2, 0.25) is 0 Å². The Balaban J connectivity index is 2.03. The van der Waals surface area contributed by atoms with E-state index in [4.69, 9.17) is 4.74 Å². The molecule has 0 saturated carbocycles. The zero-order valence-electron chi connectivity index (χ0n) is 11.2. The lowest BCUT2D eigenvalue weighted by Gasteiger charge is -2.17. The Morgan fingerprint density at radius 3 is 2.88 bits per heavy atom. The van der Waals surface area contributed by atoms with Gasteiger partial charge in [-0.25, -0.2) is 0 Å². The molecular weight excluding hydrogens is 230 g/mol. The third-order valence-electron chi connectivity index (χ3n) is 2.81. The van der Waals surface area contributed by atoms with Crippen LogP contribution in [0.2, 0.25) is 0 Å². The summed E-state index contributed by atoms with van der Waals surface area (Å²) in [6.07, 6.45) is 3.81. The summed E-state index contributed by atoms with van der Waals surface area (Å²) in [7, 11) is 0. The normalized spacial score (nSPS) is 14.8. The van der Waals surface area contributed by atoms with Crippen LogP contribution in [-0.2, 0) is 11.2 Å². The molecule has 0 aliphatic heterocycles. The zero-order valence-corrected chi connectivity index (χ0v) is 12.1. The second kappa shape index (κ2) is 8.67. The summed E-state index contributed by atoms with van der Waals surface area (Å²) in [6, 6.07) is 4.86. The highest BCUT2D eigenvalue weighted by Crippen LogP contribution is 2.09.